The number of hydrogen-bond donors (Lipinski definition) is 2. The average Bonchev–Trinajstić information content (AvgIpc) is 2.79. The summed E-state index contributed by atoms with van der Waals surface area (Å²) in [5.74, 6) is -1.60. The van der Waals surface area contributed by atoms with E-state index in [0.29, 0.717) is 6.42 Å². The maximum absolute atomic E-state index is 12.1. The summed E-state index contributed by atoms with van der Waals surface area (Å²) in [6, 6.07) is 0.284. The number of amides is 1. The minimum Gasteiger partial charge on any atom is -0.481 e. The zero-order valence-electron chi connectivity index (χ0n) is 10.2. The van der Waals surface area contributed by atoms with Crippen molar-refractivity contribution in [2.75, 3.05) is 0 Å². The van der Waals surface area contributed by atoms with Crippen LogP contribution >= 0.6 is 0 Å². The van der Waals surface area contributed by atoms with Crippen LogP contribution in [0.25, 0.3) is 0 Å². The van der Waals surface area contributed by atoms with Crippen molar-refractivity contribution in [3.05, 3.63) is 0 Å². The molecule has 2 aliphatic carbocycles. The quantitative estimate of drug-likeness (QED) is 0.791. The van der Waals surface area contributed by atoms with E-state index in [2.05, 4.69) is 5.32 Å². The van der Waals surface area contributed by atoms with Crippen molar-refractivity contribution < 1.29 is 14.7 Å². The summed E-state index contributed by atoms with van der Waals surface area (Å²) < 4.78 is 0. The first-order chi connectivity index (χ1) is 8.18. The van der Waals surface area contributed by atoms with Crippen LogP contribution in [0, 0.1) is 11.8 Å². The Bertz CT molecular complexity index is 297. The van der Waals surface area contributed by atoms with Crippen molar-refractivity contribution in [1.29, 1.82) is 0 Å². The van der Waals surface area contributed by atoms with Gasteiger partial charge in [-0.1, -0.05) is 25.7 Å². The minimum absolute atomic E-state index is 0.0261. The van der Waals surface area contributed by atoms with Crippen LogP contribution in [0.3, 0.4) is 0 Å². The van der Waals surface area contributed by atoms with Gasteiger partial charge >= 0.3 is 5.97 Å². The summed E-state index contributed by atoms with van der Waals surface area (Å²) in [5, 5.41) is 12.1. The lowest BCUT2D eigenvalue weighted by Gasteiger charge is -2.25. The van der Waals surface area contributed by atoms with Crippen molar-refractivity contribution in [1.82, 2.24) is 5.32 Å². The maximum atomic E-state index is 12.1. The van der Waals surface area contributed by atoms with Gasteiger partial charge in [0.05, 0.1) is 11.8 Å². The highest BCUT2D eigenvalue weighted by atomic mass is 16.4. The molecule has 17 heavy (non-hydrogen) atoms. The van der Waals surface area contributed by atoms with Gasteiger partial charge in [0.1, 0.15) is 0 Å². The molecule has 2 saturated carbocycles. The molecule has 0 aliphatic heterocycles. The van der Waals surface area contributed by atoms with E-state index in [0.717, 1.165) is 25.7 Å². The van der Waals surface area contributed by atoms with Gasteiger partial charge in [0.2, 0.25) is 5.91 Å². The van der Waals surface area contributed by atoms with Gasteiger partial charge in [0, 0.05) is 6.04 Å². The van der Waals surface area contributed by atoms with Crippen molar-refractivity contribution in [2.45, 2.75) is 57.4 Å². The molecule has 0 aromatic heterocycles. The van der Waals surface area contributed by atoms with Crippen LogP contribution < -0.4 is 5.32 Å². The third-order valence-electron chi connectivity index (χ3n) is 4.12. The molecule has 2 fully saturated rings. The van der Waals surface area contributed by atoms with Crippen LogP contribution in [0.4, 0.5) is 0 Å². The van der Waals surface area contributed by atoms with Crippen LogP contribution in [0.1, 0.15) is 51.4 Å². The highest BCUT2D eigenvalue weighted by molar-refractivity contribution is 5.85. The van der Waals surface area contributed by atoms with Crippen molar-refractivity contribution >= 4 is 11.9 Å². The molecule has 0 bridgehead atoms. The molecule has 2 N–H and O–H groups in total. The largest absolute Gasteiger partial charge is 0.481 e. The lowest BCUT2D eigenvalue weighted by atomic mass is 9.92. The summed E-state index contributed by atoms with van der Waals surface area (Å²) in [6.45, 7) is 0. The molecule has 0 aromatic rings. The number of aliphatic carboxylic acids is 1. The Balaban J connectivity index is 1.88. The fraction of sp³-hybridized carbons (Fsp3) is 0.846. The van der Waals surface area contributed by atoms with Crippen molar-refractivity contribution in [2.24, 2.45) is 11.8 Å². The highest BCUT2D eigenvalue weighted by Crippen LogP contribution is 2.32. The SMILES string of the molecule is O=C(O)[C@H]1CCC[C@H]1C(=O)NC1CCCCC1. The van der Waals surface area contributed by atoms with E-state index < -0.39 is 11.9 Å². The van der Waals surface area contributed by atoms with Gasteiger partial charge in [-0.3, -0.25) is 9.59 Å². The summed E-state index contributed by atoms with van der Waals surface area (Å²) in [5.41, 5.74) is 0. The van der Waals surface area contributed by atoms with E-state index >= 15 is 0 Å². The van der Waals surface area contributed by atoms with Crippen LogP contribution in [0.15, 0.2) is 0 Å². The van der Waals surface area contributed by atoms with Gasteiger partial charge in [-0.2, -0.15) is 0 Å². The number of nitrogens with one attached hydrogen (secondary N) is 1. The number of carboxylic acids is 1. The number of carbonyl (C=O) groups excluding carboxylic acids is 1. The summed E-state index contributed by atoms with van der Waals surface area (Å²) in [7, 11) is 0. The van der Waals surface area contributed by atoms with E-state index in [9.17, 15) is 9.59 Å². The minimum atomic E-state index is -0.814. The molecule has 2 aliphatic rings. The van der Waals surface area contributed by atoms with Crippen molar-refractivity contribution in [3.63, 3.8) is 0 Å². The van der Waals surface area contributed by atoms with Gasteiger partial charge < -0.3 is 10.4 Å². The lowest BCUT2D eigenvalue weighted by Crippen LogP contribution is -2.42. The molecule has 96 valence electrons. The van der Waals surface area contributed by atoms with Gasteiger partial charge in [-0.15, -0.1) is 0 Å². The smallest absolute Gasteiger partial charge is 0.307 e. The molecule has 4 nitrogen and oxygen atoms in total. The fourth-order valence-electron chi connectivity index (χ4n) is 3.12. The average molecular weight is 239 g/mol. The lowest BCUT2D eigenvalue weighted by molar-refractivity contribution is -0.146. The van der Waals surface area contributed by atoms with Crippen LogP contribution in [-0.4, -0.2) is 23.0 Å². The second-order valence-corrected chi connectivity index (χ2v) is 5.33. The Hall–Kier alpha value is -1.06. The standard InChI is InChI=1S/C13H21NO3/c15-12(14-9-5-2-1-3-6-9)10-7-4-8-11(10)13(16)17/h9-11H,1-8H2,(H,14,15)(H,16,17)/t10-,11+/m1/s1. The van der Waals surface area contributed by atoms with Crippen LogP contribution in [0.2, 0.25) is 0 Å². The third-order valence-corrected chi connectivity index (χ3v) is 4.12. The molecule has 1 amide bonds. The number of carboxylic acid groups (broad SMARTS) is 1. The summed E-state index contributed by atoms with van der Waals surface area (Å²) >= 11 is 0. The van der Waals surface area contributed by atoms with Gasteiger partial charge in [0.25, 0.3) is 0 Å². The predicted octanol–water partition coefficient (Wildman–Crippen LogP) is 1.94. The number of carbonyl (C=O) groups is 2. The Morgan fingerprint density at radius 3 is 2.18 bits per heavy atom. The fourth-order valence-corrected chi connectivity index (χ4v) is 3.12. The topological polar surface area (TPSA) is 66.4 Å². The monoisotopic (exact) mass is 239 g/mol. The van der Waals surface area contributed by atoms with Crippen molar-refractivity contribution in [3.8, 4) is 0 Å². The zero-order chi connectivity index (χ0) is 12.3. The molecule has 2 rings (SSSR count). The van der Waals surface area contributed by atoms with Crippen LogP contribution in [0.5, 0.6) is 0 Å². The van der Waals surface area contributed by atoms with Gasteiger partial charge in [0.15, 0.2) is 0 Å². The Morgan fingerprint density at radius 1 is 0.882 bits per heavy atom. The molecule has 2 atom stereocenters. The normalized spacial score (nSPS) is 30.1. The molecule has 0 aromatic carbocycles. The Labute approximate surface area is 102 Å². The molecular formula is C13H21NO3. The highest BCUT2D eigenvalue weighted by Gasteiger charge is 2.38. The van der Waals surface area contributed by atoms with E-state index in [4.69, 9.17) is 5.11 Å². The maximum Gasteiger partial charge on any atom is 0.307 e. The van der Waals surface area contributed by atoms with Crippen LogP contribution in [-0.2, 0) is 9.59 Å². The molecule has 0 unspecified atom stereocenters. The van der Waals surface area contributed by atoms with E-state index in [1.165, 1.54) is 19.3 Å². The molecule has 0 spiro atoms. The second-order valence-electron chi connectivity index (χ2n) is 5.33. The summed E-state index contributed by atoms with van der Waals surface area (Å²) in [6.07, 6.45) is 7.96. The van der Waals surface area contributed by atoms with Gasteiger partial charge in [-0.25, -0.2) is 0 Å². The molecular weight excluding hydrogens is 218 g/mol. The molecule has 0 saturated heterocycles. The predicted molar refractivity (Wildman–Crippen MR) is 63.5 cm³/mol. The first-order valence-corrected chi connectivity index (χ1v) is 6.71. The zero-order valence-corrected chi connectivity index (χ0v) is 10.2. The van der Waals surface area contributed by atoms with E-state index in [-0.39, 0.29) is 17.9 Å². The van der Waals surface area contributed by atoms with E-state index in [1.807, 2.05) is 0 Å². The Kier molecular flexibility index (Phi) is 4.02. The first-order valence-electron chi connectivity index (χ1n) is 6.71. The number of hydrogen-bond acceptors (Lipinski definition) is 2. The van der Waals surface area contributed by atoms with Gasteiger partial charge in [-0.05, 0) is 25.7 Å². The second kappa shape index (κ2) is 5.52. The van der Waals surface area contributed by atoms with E-state index in [1.54, 1.807) is 0 Å². The third kappa shape index (κ3) is 2.99. The first kappa shape index (κ1) is 12.4. The molecule has 0 heterocycles. The number of rotatable bonds is 3. The summed E-state index contributed by atoms with van der Waals surface area (Å²) in [4.78, 5) is 23.1. The molecule has 4 heteroatoms. The Morgan fingerprint density at radius 2 is 1.53 bits per heavy atom. The molecule has 0 radical (unpaired) electrons.